The summed E-state index contributed by atoms with van der Waals surface area (Å²) < 4.78 is 0. The molecule has 0 aliphatic rings. The summed E-state index contributed by atoms with van der Waals surface area (Å²) in [5.41, 5.74) is 6.34. The summed E-state index contributed by atoms with van der Waals surface area (Å²) in [6.45, 7) is 2.12. The average Bonchev–Trinajstić information content (AvgIpc) is 2.21. The Balaban J connectivity index is 2.89. The lowest BCUT2D eigenvalue weighted by molar-refractivity contribution is 0.753. The van der Waals surface area contributed by atoms with Crippen LogP contribution in [0.2, 0.25) is 5.28 Å². The Morgan fingerprint density at radius 1 is 1.67 bits per heavy atom. The zero-order valence-corrected chi connectivity index (χ0v) is 10.6. The predicted octanol–water partition coefficient (Wildman–Crippen LogP) is 1.90. The summed E-state index contributed by atoms with van der Waals surface area (Å²) in [5, 5.41) is 0.224. The molecule has 0 aromatic carbocycles. The van der Waals surface area contributed by atoms with Crippen LogP contribution in [0.3, 0.4) is 0 Å². The number of aromatic nitrogens is 2. The topological polar surface area (TPSA) is 55.0 Å². The van der Waals surface area contributed by atoms with Crippen molar-refractivity contribution in [3.8, 4) is 0 Å². The SMILES string of the molecule is CSCC(C)N(C)c1nc(Cl)ncc1N. The Hall–Kier alpha value is -0.680. The Bertz CT molecular complexity index is 334. The minimum absolute atomic E-state index is 0.224. The van der Waals surface area contributed by atoms with Crippen LogP contribution in [0.4, 0.5) is 11.5 Å². The van der Waals surface area contributed by atoms with E-state index in [1.165, 1.54) is 6.20 Å². The van der Waals surface area contributed by atoms with Gasteiger partial charge in [0.25, 0.3) is 0 Å². The fourth-order valence-corrected chi connectivity index (χ4v) is 2.04. The molecule has 0 fully saturated rings. The van der Waals surface area contributed by atoms with Crippen molar-refractivity contribution in [1.29, 1.82) is 0 Å². The molecule has 15 heavy (non-hydrogen) atoms. The van der Waals surface area contributed by atoms with Crippen LogP contribution in [0, 0.1) is 0 Å². The molecule has 0 radical (unpaired) electrons. The second kappa shape index (κ2) is 5.42. The Morgan fingerprint density at radius 2 is 2.33 bits per heavy atom. The van der Waals surface area contributed by atoms with Crippen molar-refractivity contribution in [3.63, 3.8) is 0 Å². The minimum Gasteiger partial charge on any atom is -0.394 e. The first-order valence-electron chi connectivity index (χ1n) is 4.56. The molecule has 0 spiro atoms. The maximum atomic E-state index is 5.79. The Labute approximate surface area is 99.2 Å². The van der Waals surface area contributed by atoms with Gasteiger partial charge in [-0.05, 0) is 24.8 Å². The third-order valence-corrected chi connectivity index (χ3v) is 3.17. The van der Waals surface area contributed by atoms with Crippen molar-refractivity contribution in [2.45, 2.75) is 13.0 Å². The smallest absolute Gasteiger partial charge is 0.224 e. The standard InChI is InChI=1S/C9H15ClN4S/c1-6(5-15-3)14(2)8-7(11)4-12-9(10)13-8/h4,6H,5,11H2,1-3H3. The molecule has 1 unspecified atom stereocenters. The van der Waals surface area contributed by atoms with Crippen LogP contribution in [0.5, 0.6) is 0 Å². The highest BCUT2D eigenvalue weighted by Crippen LogP contribution is 2.22. The van der Waals surface area contributed by atoms with Gasteiger partial charge in [-0.2, -0.15) is 16.7 Å². The number of rotatable bonds is 4. The number of anilines is 2. The Morgan fingerprint density at radius 3 is 2.93 bits per heavy atom. The fourth-order valence-electron chi connectivity index (χ4n) is 1.21. The van der Waals surface area contributed by atoms with Gasteiger partial charge in [0.05, 0.1) is 11.9 Å². The fraction of sp³-hybridized carbons (Fsp3) is 0.556. The van der Waals surface area contributed by atoms with Gasteiger partial charge in [-0.3, -0.25) is 0 Å². The maximum Gasteiger partial charge on any atom is 0.224 e. The van der Waals surface area contributed by atoms with Gasteiger partial charge in [-0.15, -0.1) is 0 Å². The van der Waals surface area contributed by atoms with Gasteiger partial charge < -0.3 is 10.6 Å². The molecule has 0 saturated heterocycles. The number of hydrogen-bond donors (Lipinski definition) is 1. The van der Waals surface area contributed by atoms with Crippen LogP contribution >= 0.6 is 23.4 Å². The summed E-state index contributed by atoms with van der Waals surface area (Å²) >= 11 is 7.52. The van der Waals surface area contributed by atoms with E-state index in [1.807, 2.05) is 11.9 Å². The average molecular weight is 247 g/mol. The van der Waals surface area contributed by atoms with Gasteiger partial charge >= 0.3 is 0 Å². The number of halogens is 1. The van der Waals surface area contributed by atoms with Gasteiger partial charge in [0.1, 0.15) is 0 Å². The second-order valence-corrected chi connectivity index (χ2v) is 4.58. The molecule has 2 N–H and O–H groups in total. The summed E-state index contributed by atoms with van der Waals surface area (Å²) in [6.07, 6.45) is 3.60. The zero-order chi connectivity index (χ0) is 11.4. The molecule has 1 atom stereocenters. The van der Waals surface area contributed by atoms with Crippen LogP contribution in [0.1, 0.15) is 6.92 Å². The first-order chi connectivity index (χ1) is 7.06. The number of nitrogens with zero attached hydrogens (tertiary/aromatic N) is 3. The molecule has 0 aliphatic heterocycles. The van der Waals surface area contributed by atoms with E-state index in [4.69, 9.17) is 17.3 Å². The second-order valence-electron chi connectivity index (χ2n) is 3.33. The molecule has 6 heteroatoms. The van der Waals surface area contributed by atoms with E-state index < -0.39 is 0 Å². The van der Waals surface area contributed by atoms with Crippen LogP contribution in [-0.2, 0) is 0 Å². The molecule has 1 rings (SSSR count). The normalized spacial score (nSPS) is 12.5. The van der Waals surface area contributed by atoms with E-state index in [-0.39, 0.29) is 5.28 Å². The molecule has 0 saturated carbocycles. The first kappa shape index (κ1) is 12.4. The summed E-state index contributed by atoms with van der Waals surface area (Å²) in [5.74, 6) is 1.70. The number of nitrogen functional groups attached to an aromatic ring is 1. The van der Waals surface area contributed by atoms with E-state index in [2.05, 4.69) is 23.1 Å². The molecular formula is C9H15ClN4S. The molecule has 1 heterocycles. The van der Waals surface area contributed by atoms with Gasteiger partial charge in [0, 0.05) is 18.8 Å². The highest BCUT2D eigenvalue weighted by Gasteiger charge is 2.14. The quantitative estimate of drug-likeness (QED) is 0.823. The highest BCUT2D eigenvalue weighted by molar-refractivity contribution is 7.98. The summed E-state index contributed by atoms with van der Waals surface area (Å²) in [4.78, 5) is 9.96. The minimum atomic E-state index is 0.224. The monoisotopic (exact) mass is 246 g/mol. The van der Waals surface area contributed by atoms with Crippen molar-refractivity contribution in [3.05, 3.63) is 11.5 Å². The largest absolute Gasteiger partial charge is 0.394 e. The Kier molecular flexibility index (Phi) is 4.47. The lowest BCUT2D eigenvalue weighted by Gasteiger charge is -2.26. The molecule has 4 nitrogen and oxygen atoms in total. The van der Waals surface area contributed by atoms with Gasteiger partial charge in [-0.1, -0.05) is 0 Å². The van der Waals surface area contributed by atoms with Crippen LogP contribution in [0.15, 0.2) is 6.20 Å². The van der Waals surface area contributed by atoms with Gasteiger partial charge in [-0.25, -0.2) is 4.98 Å². The van der Waals surface area contributed by atoms with Crippen molar-refractivity contribution < 1.29 is 0 Å². The molecule has 0 aliphatic carbocycles. The van der Waals surface area contributed by atoms with Crippen LogP contribution in [-0.4, -0.2) is 35.1 Å². The highest BCUT2D eigenvalue weighted by atomic mass is 35.5. The lowest BCUT2D eigenvalue weighted by Crippen LogP contribution is -2.32. The third kappa shape index (κ3) is 3.14. The molecule has 0 bridgehead atoms. The van der Waals surface area contributed by atoms with E-state index in [0.717, 1.165) is 5.75 Å². The van der Waals surface area contributed by atoms with Crippen molar-refractivity contribution in [1.82, 2.24) is 9.97 Å². The van der Waals surface area contributed by atoms with E-state index in [1.54, 1.807) is 11.8 Å². The maximum absolute atomic E-state index is 5.79. The van der Waals surface area contributed by atoms with Gasteiger partial charge in [0.15, 0.2) is 5.82 Å². The first-order valence-corrected chi connectivity index (χ1v) is 6.33. The molecule has 0 amide bonds. The lowest BCUT2D eigenvalue weighted by atomic mass is 10.3. The molecule has 1 aromatic heterocycles. The van der Waals surface area contributed by atoms with Crippen molar-refractivity contribution in [2.24, 2.45) is 0 Å². The third-order valence-electron chi connectivity index (χ3n) is 2.17. The van der Waals surface area contributed by atoms with E-state index >= 15 is 0 Å². The summed E-state index contributed by atoms with van der Waals surface area (Å²) in [6, 6.07) is 0.355. The van der Waals surface area contributed by atoms with Crippen LogP contribution in [0.25, 0.3) is 0 Å². The zero-order valence-electron chi connectivity index (χ0n) is 9.07. The van der Waals surface area contributed by atoms with Gasteiger partial charge in [0.2, 0.25) is 5.28 Å². The molecular weight excluding hydrogens is 232 g/mol. The molecule has 1 aromatic rings. The van der Waals surface area contributed by atoms with Crippen molar-refractivity contribution in [2.75, 3.05) is 29.7 Å². The van der Waals surface area contributed by atoms with E-state index in [9.17, 15) is 0 Å². The number of thioether (sulfide) groups is 1. The molecule has 84 valence electrons. The number of nitrogens with two attached hydrogens (primary N) is 1. The van der Waals surface area contributed by atoms with Crippen molar-refractivity contribution >= 4 is 34.9 Å². The summed E-state index contributed by atoms with van der Waals surface area (Å²) in [7, 11) is 1.95. The predicted molar refractivity (Wildman–Crippen MR) is 67.7 cm³/mol. The van der Waals surface area contributed by atoms with Crippen LogP contribution < -0.4 is 10.6 Å². The number of hydrogen-bond acceptors (Lipinski definition) is 5. The van der Waals surface area contributed by atoms with E-state index in [0.29, 0.717) is 17.5 Å².